The Kier molecular flexibility index (Phi) is 4.15. The number of anilines is 1. The van der Waals surface area contributed by atoms with Gasteiger partial charge in [0.15, 0.2) is 5.65 Å². The summed E-state index contributed by atoms with van der Waals surface area (Å²) >= 11 is 6.37. The Bertz CT molecular complexity index is 865. The molecule has 24 heavy (non-hydrogen) atoms. The molecule has 1 N–H and O–H groups in total. The predicted molar refractivity (Wildman–Crippen MR) is 98.7 cm³/mol. The maximum absolute atomic E-state index is 6.37. The lowest BCUT2D eigenvalue weighted by Crippen LogP contribution is -2.24. The van der Waals surface area contributed by atoms with Crippen LogP contribution in [0.5, 0.6) is 0 Å². The lowest BCUT2D eigenvalue weighted by molar-refractivity contribution is 0.461. The first kappa shape index (κ1) is 15.5. The van der Waals surface area contributed by atoms with E-state index in [9.17, 15) is 0 Å². The maximum Gasteiger partial charge on any atom is 0.165 e. The second-order valence-electron chi connectivity index (χ2n) is 6.54. The monoisotopic (exact) mass is 340 g/mol. The van der Waals surface area contributed by atoms with E-state index >= 15 is 0 Å². The van der Waals surface area contributed by atoms with Gasteiger partial charge in [0.2, 0.25) is 0 Å². The number of hydrogen-bond donors (Lipinski definition) is 1. The van der Waals surface area contributed by atoms with Crippen LogP contribution in [0.15, 0.2) is 36.5 Å². The summed E-state index contributed by atoms with van der Waals surface area (Å²) in [6.45, 7) is 2.02. The van der Waals surface area contributed by atoms with Crippen LogP contribution in [0.3, 0.4) is 0 Å². The van der Waals surface area contributed by atoms with E-state index in [1.54, 1.807) is 0 Å². The smallest absolute Gasteiger partial charge is 0.165 e. The number of fused-ring (bicyclic) bond motifs is 1. The number of hydrogen-bond acceptors (Lipinski definition) is 3. The molecule has 1 aromatic carbocycles. The van der Waals surface area contributed by atoms with Crippen LogP contribution in [0, 0.1) is 6.92 Å². The highest BCUT2D eigenvalue weighted by atomic mass is 35.5. The second-order valence-corrected chi connectivity index (χ2v) is 6.94. The molecular formula is C19H21ClN4. The average molecular weight is 341 g/mol. The minimum Gasteiger partial charge on any atom is -0.367 e. The summed E-state index contributed by atoms with van der Waals surface area (Å²) in [5.74, 6) is 1.02. The third kappa shape index (κ3) is 2.86. The molecule has 0 atom stereocenters. The van der Waals surface area contributed by atoms with Gasteiger partial charge in [-0.15, -0.1) is 0 Å². The van der Waals surface area contributed by atoms with Crippen LogP contribution < -0.4 is 5.32 Å². The molecule has 2 aromatic heterocycles. The average Bonchev–Trinajstić information content (AvgIpc) is 3.00. The van der Waals surface area contributed by atoms with Crippen LogP contribution in [-0.4, -0.2) is 20.6 Å². The molecule has 0 radical (unpaired) electrons. The standard InChI is InChI=1S/C19H21ClN4/c1-13-11-18(23-14-7-3-2-4-8-14)24-19(22-13)16(12-21-24)15-9-5-6-10-17(15)20/h5-6,9-12,14,23H,2-4,7-8H2,1H3. The Balaban J connectivity index is 1.78. The zero-order valence-electron chi connectivity index (χ0n) is 13.8. The molecule has 4 rings (SSSR count). The normalized spacial score (nSPS) is 15.8. The van der Waals surface area contributed by atoms with Gasteiger partial charge >= 0.3 is 0 Å². The summed E-state index contributed by atoms with van der Waals surface area (Å²) in [5.41, 5.74) is 3.77. The van der Waals surface area contributed by atoms with Crippen molar-refractivity contribution in [2.45, 2.75) is 45.1 Å². The lowest BCUT2D eigenvalue weighted by atomic mass is 9.95. The fourth-order valence-corrected chi connectivity index (χ4v) is 3.75. The Labute approximate surface area is 146 Å². The first-order chi connectivity index (χ1) is 11.7. The van der Waals surface area contributed by atoms with Crippen molar-refractivity contribution in [3.8, 4) is 11.1 Å². The van der Waals surface area contributed by atoms with Gasteiger partial charge in [-0.05, 0) is 25.8 Å². The van der Waals surface area contributed by atoms with Crippen molar-refractivity contribution in [1.82, 2.24) is 14.6 Å². The minimum atomic E-state index is 0.525. The summed E-state index contributed by atoms with van der Waals surface area (Å²) in [6.07, 6.45) is 8.25. The molecule has 1 aliphatic carbocycles. The van der Waals surface area contributed by atoms with Crippen molar-refractivity contribution in [1.29, 1.82) is 0 Å². The van der Waals surface area contributed by atoms with Crippen molar-refractivity contribution in [3.63, 3.8) is 0 Å². The number of aryl methyl sites for hydroxylation is 1. The van der Waals surface area contributed by atoms with Gasteiger partial charge in [0.1, 0.15) is 5.82 Å². The molecule has 124 valence electrons. The summed E-state index contributed by atoms with van der Waals surface area (Å²) in [5, 5.41) is 8.97. The third-order valence-corrected chi connectivity index (χ3v) is 5.05. The van der Waals surface area contributed by atoms with E-state index in [0.717, 1.165) is 33.3 Å². The van der Waals surface area contributed by atoms with Gasteiger partial charge in [0, 0.05) is 34.0 Å². The number of halogens is 1. The number of rotatable bonds is 3. The van der Waals surface area contributed by atoms with Gasteiger partial charge in [-0.2, -0.15) is 9.61 Å². The Morgan fingerprint density at radius 3 is 2.71 bits per heavy atom. The SMILES string of the molecule is Cc1cc(NC2CCCCC2)n2ncc(-c3ccccc3Cl)c2n1. The van der Waals surface area contributed by atoms with E-state index in [2.05, 4.69) is 16.5 Å². The lowest BCUT2D eigenvalue weighted by Gasteiger charge is -2.24. The first-order valence-corrected chi connectivity index (χ1v) is 8.97. The van der Waals surface area contributed by atoms with E-state index in [1.165, 1.54) is 32.1 Å². The summed E-state index contributed by atoms with van der Waals surface area (Å²) in [4.78, 5) is 4.71. The highest BCUT2D eigenvalue weighted by Crippen LogP contribution is 2.31. The van der Waals surface area contributed by atoms with Gasteiger partial charge in [-0.3, -0.25) is 0 Å². The molecule has 0 spiro atoms. The molecule has 1 aliphatic rings. The largest absolute Gasteiger partial charge is 0.367 e. The van der Waals surface area contributed by atoms with E-state index in [1.807, 2.05) is 41.9 Å². The van der Waals surface area contributed by atoms with Gasteiger partial charge in [0.25, 0.3) is 0 Å². The Morgan fingerprint density at radius 1 is 1.12 bits per heavy atom. The van der Waals surface area contributed by atoms with E-state index in [0.29, 0.717) is 6.04 Å². The van der Waals surface area contributed by atoms with Gasteiger partial charge in [0.05, 0.1) is 6.20 Å². The highest BCUT2D eigenvalue weighted by Gasteiger charge is 2.17. The Morgan fingerprint density at radius 2 is 1.92 bits per heavy atom. The summed E-state index contributed by atoms with van der Waals surface area (Å²) < 4.78 is 1.90. The van der Waals surface area contributed by atoms with Gasteiger partial charge in [-0.25, -0.2) is 4.98 Å². The van der Waals surface area contributed by atoms with Crippen molar-refractivity contribution in [3.05, 3.63) is 47.2 Å². The van der Waals surface area contributed by atoms with Crippen LogP contribution in [-0.2, 0) is 0 Å². The molecule has 0 bridgehead atoms. The molecule has 0 saturated heterocycles. The minimum absolute atomic E-state index is 0.525. The number of nitrogens with zero attached hydrogens (tertiary/aromatic N) is 3. The van der Waals surface area contributed by atoms with Gasteiger partial charge in [-0.1, -0.05) is 49.1 Å². The molecule has 5 heteroatoms. The molecule has 1 fully saturated rings. The fourth-order valence-electron chi connectivity index (χ4n) is 3.51. The van der Waals surface area contributed by atoms with Crippen LogP contribution in [0.25, 0.3) is 16.8 Å². The molecule has 0 aliphatic heterocycles. The number of aromatic nitrogens is 3. The zero-order valence-corrected chi connectivity index (χ0v) is 14.6. The quantitative estimate of drug-likeness (QED) is 0.721. The number of benzene rings is 1. The maximum atomic E-state index is 6.37. The highest BCUT2D eigenvalue weighted by molar-refractivity contribution is 6.33. The number of nitrogens with one attached hydrogen (secondary N) is 1. The predicted octanol–water partition coefficient (Wildman–Crippen LogP) is 5.10. The van der Waals surface area contributed by atoms with Crippen LogP contribution >= 0.6 is 11.6 Å². The topological polar surface area (TPSA) is 42.2 Å². The molecule has 1 saturated carbocycles. The summed E-state index contributed by atoms with van der Waals surface area (Å²) in [7, 11) is 0. The molecule has 0 amide bonds. The molecule has 3 aromatic rings. The molecule has 2 heterocycles. The van der Waals surface area contributed by atoms with Crippen LogP contribution in [0.1, 0.15) is 37.8 Å². The fraction of sp³-hybridized carbons (Fsp3) is 0.368. The van der Waals surface area contributed by atoms with Crippen molar-refractivity contribution in [2.24, 2.45) is 0 Å². The third-order valence-electron chi connectivity index (χ3n) is 4.72. The van der Waals surface area contributed by atoms with E-state index in [-0.39, 0.29) is 0 Å². The molecule has 4 nitrogen and oxygen atoms in total. The first-order valence-electron chi connectivity index (χ1n) is 8.59. The van der Waals surface area contributed by atoms with Crippen molar-refractivity contribution >= 4 is 23.1 Å². The van der Waals surface area contributed by atoms with Crippen molar-refractivity contribution in [2.75, 3.05) is 5.32 Å². The van der Waals surface area contributed by atoms with Gasteiger partial charge < -0.3 is 5.32 Å². The van der Waals surface area contributed by atoms with Crippen LogP contribution in [0.4, 0.5) is 5.82 Å². The van der Waals surface area contributed by atoms with Crippen molar-refractivity contribution < 1.29 is 0 Å². The van der Waals surface area contributed by atoms with E-state index in [4.69, 9.17) is 16.6 Å². The zero-order chi connectivity index (χ0) is 16.5. The molecular weight excluding hydrogens is 320 g/mol. The second kappa shape index (κ2) is 6.44. The summed E-state index contributed by atoms with van der Waals surface area (Å²) in [6, 6.07) is 10.4. The Hall–Kier alpha value is -2.07. The molecule has 0 unspecified atom stereocenters. The van der Waals surface area contributed by atoms with Crippen LogP contribution in [0.2, 0.25) is 5.02 Å². The van der Waals surface area contributed by atoms with E-state index < -0.39 is 0 Å².